The molecule has 0 aromatic heterocycles. The van der Waals surface area contributed by atoms with E-state index in [9.17, 15) is 0 Å². The minimum absolute atomic E-state index is 0.182. The molecular weight excluding hydrogens is 112 g/mol. The minimum Gasteiger partial charge on any atom is -0.377 e. The van der Waals surface area contributed by atoms with Crippen molar-refractivity contribution in [3.63, 3.8) is 0 Å². The van der Waals surface area contributed by atoms with Crippen molar-refractivity contribution in [3.8, 4) is 0 Å². The summed E-state index contributed by atoms with van der Waals surface area (Å²) in [6.45, 7) is 5.62. The van der Waals surface area contributed by atoms with Gasteiger partial charge >= 0.3 is 0 Å². The van der Waals surface area contributed by atoms with Gasteiger partial charge in [0.05, 0.1) is 6.10 Å². The van der Waals surface area contributed by atoms with Gasteiger partial charge in [-0.15, -0.1) is 6.58 Å². The van der Waals surface area contributed by atoms with Crippen LogP contribution in [0.2, 0.25) is 0 Å². The lowest BCUT2D eigenvalue weighted by molar-refractivity contribution is 0.144. The highest BCUT2D eigenvalue weighted by atomic mass is 16.5. The highest BCUT2D eigenvalue weighted by molar-refractivity contribution is 4.88. The normalized spacial score (nSPS) is 14.0. The maximum absolute atomic E-state index is 5.03. The number of hydrogen-bond acceptors (Lipinski definition) is 1. The Bertz CT molecular complexity index is 94.7. The van der Waals surface area contributed by atoms with Gasteiger partial charge in [-0.1, -0.05) is 18.2 Å². The summed E-state index contributed by atoms with van der Waals surface area (Å²) in [5.41, 5.74) is 0. The molecule has 1 heteroatoms. The van der Waals surface area contributed by atoms with E-state index in [1.165, 1.54) is 0 Å². The van der Waals surface area contributed by atoms with Crippen molar-refractivity contribution in [2.24, 2.45) is 0 Å². The molecule has 0 rings (SSSR count). The van der Waals surface area contributed by atoms with Crippen molar-refractivity contribution < 1.29 is 4.74 Å². The van der Waals surface area contributed by atoms with E-state index in [-0.39, 0.29) is 6.10 Å². The molecule has 1 nitrogen and oxygen atoms in total. The van der Waals surface area contributed by atoms with Crippen LogP contribution in [0.15, 0.2) is 24.8 Å². The fourth-order valence-corrected chi connectivity index (χ4v) is 0.559. The first-order valence-corrected chi connectivity index (χ1v) is 3.11. The Morgan fingerprint density at radius 1 is 1.67 bits per heavy atom. The first-order chi connectivity index (χ1) is 4.35. The molecule has 0 saturated carbocycles. The average molecular weight is 126 g/mol. The first kappa shape index (κ1) is 8.44. The number of rotatable bonds is 4. The molecule has 0 aliphatic heterocycles. The predicted octanol–water partition coefficient (Wildman–Crippen LogP) is 2.15. The van der Waals surface area contributed by atoms with Gasteiger partial charge in [-0.25, -0.2) is 0 Å². The quantitative estimate of drug-likeness (QED) is 0.524. The summed E-state index contributed by atoms with van der Waals surface area (Å²) < 4.78 is 5.03. The molecule has 9 heavy (non-hydrogen) atoms. The van der Waals surface area contributed by atoms with E-state index < -0.39 is 0 Å². The third-order valence-corrected chi connectivity index (χ3v) is 1.17. The second-order valence-corrected chi connectivity index (χ2v) is 1.81. The van der Waals surface area contributed by atoms with Crippen LogP contribution >= 0.6 is 0 Å². The molecule has 0 fully saturated rings. The molecule has 0 bridgehead atoms. The van der Waals surface area contributed by atoms with Gasteiger partial charge in [-0.05, 0) is 13.3 Å². The van der Waals surface area contributed by atoms with Crippen LogP contribution in [0.1, 0.15) is 13.3 Å². The van der Waals surface area contributed by atoms with Crippen LogP contribution in [0.4, 0.5) is 0 Å². The van der Waals surface area contributed by atoms with Gasteiger partial charge in [0.25, 0.3) is 0 Å². The van der Waals surface area contributed by atoms with Gasteiger partial charge in [0.1, 0.15) is 0 Å². The van der Waals surface area contributed by atoms with Crippen molar-refractivity contribution in [3.05, 3.63) is 24.8 Å². The van der Waals surface area contributed by atoms with Gasteiger partial charge in [-0.2, -0.15) is 0 Å². The van der Waals surface area contributed by atoms with Crippen LogP contribution < -0.4 is 0 Å². The largest absolute Gasteiger partial charge is 0.377 e. The van der Waals surface area contributed by atoms with E-state index in [0.29, 0.717) is 0 Å². The Morgan fingerprint density at radius 3 is 2.67 bits per heavy atom. The zero-order valence-electron chi connectivity index (χ0n) is 6.13. The SMILES string of the molecule is C=CC(CC=CC)OC. The average Bonchev–Trinajstić information content (AvgIpc) is 1.91. The molecule has 0 aliphatic rings. The van der Waals surface area contributed by atoms with Gasteiger partial charge in [0, 0.05) is 7.11 Å². The standard InChI is InChI=1S/C8H14O/c1-4-6-7-8(5-2)9-3/h4-6,8H,2,7H2,1,3H3. The van der Waals surface area contributed by atoms with E-state index in [0.717, 1.165) is 6.42 Å². The molecule has 0 aromatic carbocycles. The fraction of sp³-hybridized carbons (Fsp3) is 0.500. The monoisotopic (exact) mass is 126 g/mol. The topological polar surface area (TPSA) is 9.23 Å². The van der Waals surface area contributed by atoms with Gasteiger partial charge in [-0.3, -0.25) is 0 Å². The summed E-state index contributed by atoms with van der Waals surface area (Å²) in [6.07, 6.45) is 6.99. The van der Waals surface area contributed by atoms with Gasteiger partial charge < -0.3 is 4.74 Å². The molecule has 0 amide bonds. The Hall–Kier alpha value is -0.560. The molecule has 0 saturated heterocycles. The van der Waals surface area contributed by atoms with Crippen molar-refractivity contribution in [2.45, 2.75) is 19.4 Å². The summed E-state index contributed by atoms with van der Waals surface area (Å²) in [7, 11) is 1.69. The highest BCUT2D eigenvalue weighted by Gasteiger charge is 1.94. The zero-order valence-corrected chi connectivity index (χ0v) is 6.13. The van der Waals surface area contributed by atoms with Gasteiger partial charge in [0.15, 0.2) is 0 Å². The zero-order chi connectivity index (χ0) is 7.11. The highest BCUT2D eigenvalue weighted by Crippen LogP contribution is 1.97. The summed E-state index contributed by atoms with van der Waals surface area (Å²) in [5.74, 6) is 0. The maximum atomic E-state index is 5.03. The number of methoxy groups -OCH3 is 1. The summed E-state index contributed by atoms with van der Waals surface area (Å²) in [6, 6.07) is 0. The molecule has 1 unspecified atom stereocenters. The maximum Gasteiger partial charge on any atom is 0.0783 e. The Kier molecular flexibility index (Phi) is 5.23. The molecule has 0 aliphatic carbocycles. The third-order valence-electron chi connectivity index (χ3n) is 1.17. The Morgan fingerprint density at radius 2 is 2.33 bits per heavy atom. The molecule has 52 valence electrons. The van der Waals surface area contributed by atoms with Crippen LogP contribution in [0.5, 0.6) is 0 Å². The minimum atomic E-state index is 0.182. The molecule has 0 N–H and O–H groups in total. The van der Waals surface area contributed by atoms with Crippen LogP contribution in [-0.4, -0.2) is 13.2 Å². The van der Waals surface area contributed by atoms with Crippen LogP contribution in [0.25, 0.3) is 0 Å². The number of hydrogen-bond donors (Lipinski definition) is 0. The van der Waals surface area contributed by atoms with Crippen molar-refractivity contribution in [1.82, 2.24) is 0 Å². The number of ether oxygens (including phenoxy) is 1. The van der Waals surface area contributed by atoms with E-state index in [4.69, 9.17) is 4.74 Å². The summed E-state index contributed by atoms with van der Waals surface area (Å²) in [5, 5.41) is 0. The van der Waals surface area contributed by atoms with Crippen LogP contribution in [0.3, 0.4) is 0 Å². The summed E-state index contributed by atoms with van der Waals surface area (Å²) >= 11 is 0. The molecular formula is C8H14O. The number of allylic oxidation sites excluding steroid dienone is 1. The molecule has 0 radical (unpaired) electrons. The lowest BCUT2D eigenvalue weighted by atomic mass is 10.2. The molecule has 0 spiro atoms. The van der Waals surface area contributed by atoms with Crippen LogP contribution in [-0.2, 0) is 4.74 Å². The first-order valence-electron chi connectivity index (χ1n) is 3.11. The predicted molar refractivity (Wildman–Crippen MR) is 40.4 cm³/mol. The van der Waals surface area contributed by atoms with Crippen LogP contribution in [0, 0.1) is 0 Å². The Balaban J connectivity index is 3.42. The van der Waals surface area contributed by atoms with E-state index in [1.807, 2.05) is 13.0 Å². The Labute approximate surface area is 57.0 Å². The summed E-state index contributed by atoms with van der Waals surface area (Å²) in [4.78, 5) is 0. The van der Waals surface area contributed by atoms with Crippen molar-refractivity contribution in [1.29, 1.82) is 0 Å². The lowest BCUT2D eigenvalue weighted by Gasteiger charge is -2.04. The van der Waals surface area contributed by atoms with Gasteiger partial charge in [0.2, 0.25) is 0 Å². The fourth-order valence-electron chi connectivity index (χ4n) is 0.559. The van der Waals surface area contributed by atoms with E-state index >= 15 is 0 Å². The smallest absolute Gasteiger partial charge is 0.0783 e. The molecule has 0 heterocycles. The molecule has 0 aromatic rings. The third kappa shape index (κ3) is 3.98. The van der Waals surface area contributed by atoms with Crippen molar-refractivity contribution >= 4 is 0 Å². The second kappa shape index (κ2) is 5.57. The molecule has 1 atom stereocenters. The van der Waals surface area contributed by atoms with E-state index in [1.54, 1.807) is 13.2 Å². The van der Waals surface area contributed by atoms with Crippen molar-refractivity contribution in [2.75, 3.05) is 7.11 Å². The second-order valence-electron chi connectivity index (χ2n) is 1.81. The lowest BCUT2D eigenvalue weighted by Crippen LogP contribution is -2.03. The van der Waals surface area contributed by atoms with E-state index in [2.05, 4.69) is 12.7 Å².